The van der Waals surface area contributed by atoms with Crippen molar-refractivity contribution < 1.29 is 4.74 Å². The molecule has 0 saturated heterocycles. The summed E-state index contributed by atoms with van der Waals surface area (Å²) in [5, 5.41) is 0. The molecule has 0 radical (unpaired) electrons. The summed E-state index contributed by atoms with van der Waals surface area (Å²) in [7, 11) is 1.57. The minimum atomic E-state index is 0.219. The molecule has 5 heteroatoms. The molecule has 0 spiro atoms. The molecule has 0 aliphatic heterocycles. The van der Waals surface area contributed by atoms with E-state index in [1.165, 1.54) is 0 Å². The van der Waals surface area contributed by atoms with Gasteiger partial charge in [-0.05, 0) is 18.6 Å². The highest BCUT2D eigenvalue weighted by atomic mass is 16.5. The topological polar surface area (TPSA) is 64.3 Å². The molecule has 20 heavy (non-hydrogen) atoms. The molecule has 106 valence electrons. The summed E-state index contributed by atoms with van der Waals surface area (Å²) in [5.74, 6) is 1.45. The Morgan fingerprint density at radius 2 is 1.95 bits per heavy atom. The minimum Gasteiger partial charge on any atom is -0.481 e. The second-order valence-electron chi connectivity index (χ2n) is 4.47. The first-order valence-electron chi connectivity index (χ1n) is 6.75. The molecule has 1 aromatic heterocycles. The number of methoxy groups -OCH3 is 1. The van der Waals surface area contributed by atoms with Gasteiger partial charge in [0.15, 0.2) is 0 Å². The SMILES string of the molecule is CCCCN(c1ccccc1)c1cc(OC)nc(N)n1. The quantitative estimate of drug-likeness (QED) is 0.875. The van der Waals surface area contributed by atoms with E-state index in [1.807, 2.05) is 18.2 Å². The molecule has 0 atom stereocenters. The Morgan fingerprint density at radius 1 is 1.20 bits per heavy atom. The van der Waals surface area contributed by atoms with Crippen LogP contribution in [0.4, 0.5) is 17.5 Å². The van der Waals surface area contributed by atoms with Crippen molar-refractivity contribution in [3.63, 3.8) is 0 Å². The van der Waals surface area contributed by atoms with Gasteiger partial charge in [0.05, 0.1) is 7.11 Å². The van der Waals surface area contributed by atoms with Crippen LogP contribution in [-0.2, 0) is 0 Å². The smallest absolute Gasteiger partial charge is 0.225 e. The minimum absolute atomic E-state index is 0.219. The van der Waals surface area contributed by atoms with E-state index in [-0.39, 0.29) is 5.95 Å². The second-order valence-corrected chi connectivity index (χ2v) is 4.47. The maximum Gasteiger partial charge on any atom is 0.225 e. The van der Waals surface area contributed by atoms with Crippen molar-refractivity contribution in [2.24, 2.45) is 0 Å². The zero-order valence-electron chi connectivity index (χ0n) is 11.9. The average Bonchev–Trinajstić information content (AvgIpc) is 2.48. The van der Waals surface area contributed by atoms with Crippen LogP contribution in [0.1, 0.15) is 19.8 Å². The Hall–Kier alpha value is -2.30. The standard InChI is InChI=1S/C15H20N4O/c1-3-4-10-19(12-8-6-5-7-9-12)13-11-14(20-2)18-15(16)17-13/h5-9,11H,3-4,10H2,1-2H3,(H2,16,17,18). The normalized spacial score (nSPS) is 10.3. The number of hydrogen-bond donors (Lipinski definition) is 1. The molecule has 2 N–H and O–H groups in total. The first-order chi connectivity index (χ1) is 9.74. The van der Waals surface area contributed by atoms with Crippen molar-refractivity contribution in [3.05, 3.63) is 36.4 Å². The molecule has 1 heterocycles. The lowest BCUT2D eigenvalue weighted by atomic mass is 10.2. The number of nitrogen functional groups attached to an aromatic ring is 1. The Kier molecular flexibility index (Phi) is 4.76. The number of benzene rings is 1. The lowest BCUT2D eigenvalue weighted by Gasteiger charge is -2.24. The molecule has 5 nitrogen and oxygen atoms in total. The number of anilines is 3. The van der Waals surface area contributed by atoms with Gasteiger partial charge >= 0.3 is 0 Å². The number of hydrogen-bond acceptors (Lipinski definition) is 5. The maximum absolute atomic E-state index is 5.75. The molecule has 2 rings (SSSR count). The third-order valence-corrected chi connectivity index (χ3v) is 3.00. The van der Waals surface area contributed by atoms with E-state index in [0.717, 1.165) is 30.9 Å². The number of nitrogens with zero attached hydrogens (tertiary/aromatic N) is 3. The second kappa shape index (κ2) is 6.75. The summed E-state index contributed by atoms with van der Waals surface area (Å²) in [4.78, 5) is 10.5. The fourth-order valence-corrected chi connectivity index (χ4v) is 1.97. The Balaban J connectivity index is 2.38. The molecule has 0 amide bonds. The summed E-state index contributed by atoms with van der Waals surface area (Å²) >= 11 is 0. The van der Waals surface area contributed by atoms with E-state index in [2.05, 4.69) is 33.9 Å². The molecule has 0 aliphatic rings. The lowest BCUT2D eigenvalue weighted by Crippen LogP contribution is -2.20. The Morgan fingerprint density at radius 3 is 2.60 bits per heavy atom. The van der Waals surface area contributed by atoms with Crippen LogP contribution >= 0.6 is 0 Å². The van der Waals surface area contributed by atoms with Crippen molar-refractivity contribution in [1.29, 1.82) is 0 Å². The largest absolute Gasteiger partial charge is 0.481 e. The summed E-state index contributed by atoms with van der Waals surface area (Å²) in [6.45, 7) is 3.04. The summed E-state index contributed by atoms with van der Waals surface area (Å²) < 4.78 is 5.17. The maximum atomic E-state index is 5.75. The average molecular weight is 272 g/mol. The molecule has 0 aliphatic carbocycles. The van der Waals surface area contributed by atoms with Crippen LogP contribution in [0.5, 0.6) is 5.88 Å². The molecule has 2 aromatic rings. The summed E-state index contributed by atoms with van der Waals surface area (Å²) in [5.41, 5.74) is 6.83. The van der Waals surface area contributed by atoms with Crippen LogP contribution in [0.15, 0.2) is 36.4 Å². The fourth-order valence-electron chi connectivity index (χ4n) is 1.97. The fraction of sp³-hybridized carbons (Fsp3) is 0.333. The molecule has 0 saturated carbocycles. The number of rotatable bonds is 6. The van der Waals surface area contributed by atoms with E-state index < -0.39 is 0 Å². The van der Waals surface area contributed by atoms with Gasteiger partial charge in [-0.3, -0.25) is 0 Å². The third kappa shape index (κ3) is 3.38. The van der Waals surface area contributed by atoms with Gasteiger partial charge in [-0.2, -0.15) is 9.97 Å². The Bertz CT molecular complexity index is 545. The number of para-hydroxylation sites is 1. The predicted molar refractivity (Wildman–Crippen MR) is 81.4 cm³/mol. The van der Waals surface area contributed by atoms with Crippen molar-refractivity contribution in [2.45, 2.75) is 19.8 Å². The number of aromatic nitrogens is 2. The van der Waals surface area contributed by atoms with Gasteiger partial charge in [-0.25, -0.2) is 0 Å². The van der Waals surface area contributed by atoms with Crippen molar-refractivity contribution in [3.8, 4) is 5.88 Å². The van der Waals surface area contributed by atoms with Crippen LogP contribution in [0.25, 0.3) is 0 Å². The van der Waals surface area contributed by atoms with Gasteiger partial charge in [0.1, 0.15) is 5.82 Å². The number of unbranched alkanes of at least 4 members (excludes halogenated alkanes) is 1. The highest BCUT2D eigenvalue weighted by molar-refractivity contribution is 5.61. The zero-order chi connectivity index (χ0) is 14.4. The lowest BCUT2D eigenvalue weighted by molar-refractivity contribution is 0.398. The van der Waals surface area contributed by atoms with E-state index in [9.17, 15) is 0 Å². The van der Waals surface area contributed by atoms with Crippen LogP contribution in [0.3, 0.4) is 0 Å². The van der Waals surface area contributed by atoms with E-state index in [4.69, 9.17) is 10.5 Å². The molecule has 0 bridgehead atoms. The molecular formula is C15H20N4O. The van der Waals surface area contributed by atoms with Gasteiger partial charge in [0.25, 0.3) is 0 Å². The first-order valence-corrected chi connectivity index (χ1v) is 6.75. The highest BCUT2D eigenvalue weighted by Crippen LogP contribution is 2.26. The number of nitrogens with two attached hydrogens (primary N) is 1. The molecule has 0 fully saturated rings. The van der Waals surface area contributed by atoms with Crippen LogP contribution < -0.4 is 15.4 Å². The van der Waals surface area contributed by atoms with Crippen molar-refractivity contribution >= 4 is 17.5 Å². The number of ether oxygens (including phenoxy) is 1. The Labute approximate surface area is 119 Å². The van der Waals surface area contributed by atoms with E-state index >= 15 is 0 Å². The van der Waals surface area contributed by atoms with Gasteiger partial charge in [0, 0.05) is 18.3 Å². The monoisotopic (exact) mass is 272 g/mol. The summed E-state index contributed by atoms with van der Waals surface area (Å²) in [6.07, 6.45) is 2.18. The van der Waals surface area contributed by atoms with E-state index in [1.54, 1.807) is 13.2 Å². The predicted octanol–water partition coefficient (Wildman–Crippen LogP) is 3.01. The van der Waals surface area contributed by atoms with Gasteiger partial charge in [-0.15, -0.1) is 0 Å². The van der Waals surface area contributed by atoms with Gasteiger partial charge < -0.3 is 15.4 Å². The van der Waals surface area contributed by atoms with Crippen LogP contribution in [0.2, 0.25) is 0 Å². The first kappa shape index (κ1) is 14.1. The van der Waals surface area contributed by atoms with Crippen molar-refractivity contribution in [1.82, 2.24) is 9.97 Å². The molecular weight excluding hydrogens is 252 g/mol. The third-order valence-electron chi connectivity index (χ3n) is 3.00. The van der Waals surface area contributed by atoms with Gasteiger partial charge in [-0.1, -0.05) is 31.5 Å². The van der Waals surface area contributed by atoms with Crippen LogP contribution in [0, 0.1) is 0 Å². The zero-order valence-corrected chi connectivity index (χ0v) is 11.9. The highest BCUT2D eigenvalue weighted by Gasteiger charge is 2.12. The summed E-state index contributed by atoms with van der Waals surface area (Å²) in [6, 6.07) is 11.9. The molecule has 1 aromatic carbocycles. The van der Waals surface area contributed by atoms with Crippen molar-refractivity contribution in [2.75, 3.05) is 24.3 Å². The van der Waals surface area contributed by atoms with Crippen LogP contribution in [-0.4, -0.2) is 23.6 Å². The van der Waals surface area contributed by atoms with E-state index in [0.29, 0.717) is 5.88 Å². The van der Waals surface area contributed by atoms with Gasteiger partial charge in [0.2, 0.25) is 11.8 Å². The molecule has 0 unspecified atom stereocenters.